The van der Waals surface area contributed by atoms with Crippen molar-refractivity contribution in [3.05, 3.63) is 12.7 Å². The van der Waals surface area contributed by atoms with Gasteiger partial charge < -0.3 is 9.84 Å². The molecule has 1 aliphatic rings. The minimum Gasteiger partial charge on any atom is -0.479 e. The topological polar surface area (TPSA) is 46.5 Å². The van der Waals surface area contributed by atoms with Gasteiger partial charge in [0.2, 0.25) is 0 Å². The molecular formula is C8H12O3. The van der Waals surface area contributed by atoms with E-state index in [2.05, 4.69) is 6.58 Å². The predicted molar refractivity (Wildman–Crippen MR) is 40.4 cm³/mol. The molecule has 0 bridgehead atoms. The molecule has 1 aliphatic heterocycles. The first-order valence-electron chi connectivity index (χ1n) is 3.69. The molecule has 1 fully saturated rings. The van der Waals surface area contributed by atoms with E-state index in [1.165, 1.54) is 0 Å². The Labute approximate surface area is 65.7 Å². The fourth-order valence-corrected chi connectivity index (χ4v) is 1.35. The third-order valence-electron chi connectivity index (χ3n) is 1.97. The van der Waals surface area contributed by atoms with E-state index >= 15 is 0 Å². The highest BCUT2D eigenvalue weighted by Gasteiger charge is 2.41. The molecule has 1 unspecified atom stereocenters. The summed E-state index contributed by atoms with van der Waals surface area (Å²) in [5.74, 6) is -0.866. The van der Waals surface area contributed by atoms with Crippen LogP contribution in [0.15, 0.2) is 12.7 Å². The number of aliphatic carboxylic acids is 1. The van der Waals surface area contributed by atoms with Gasteiger partial charge in [-0.1, -0.05) is 6.08 Å². The fraction of sp³-hybridized carbons (Fsp3) is 0.625. The van der Waals surface area contributed by atoms with Gasteiger partial charge in [-0.15, -0.1) is 6.58 Å². The van der Waals surface area contributed by atoms with Crippen LogP contribution in [0.5, 0.6) is 0 Å². The Morgan fingerprint density at radius 2 is 2.55 bits per heavy atom. The maximum Gasteiger partial charge on any atom is 0.336 e. The van der Waals surface area contributed by atoms with Crippen LogP contribution < -0.4 is 0 Å². The van der Waals surface area contributed by atoms with E-state index in [1.807, 2.05) is 0 Å². The molecule has 0 aromatic carbocycles. The summed E-state index contributed by atoms with van der Waals surface area (Å²) in [6.45, 7) is 4.06. The zero-order chi connectivity index (χ0) is 8.32. The van der Waals surface area contributed by atoms with Gasteiger partial charge in [0.1, 0.15) is 0 Å². The summed E-state index contributed by atoms with van der Waals surface area (Å²) in [5.41, 5.74) is -0.957. The number of hydrogen-bond donors (Lipinski definition) is 1. The second-order valence-corrected chi connectivity index (χ2v) is 2.74. The highest BCUT2D eigenvalue weighted by atomic mass is 16.5. The van der Waals surface area contributed by atoms with Gasteiger partial charge in [-0.3, -0.25) is 0 Å². The van der Waals surface area contributed by atoms with Gasteiger partial charge in [0.05, 0.1) is 0 Å². The van der Waals surface area contributed by atoms with Gasteiger partial charge in [0.15, 0.2) is 5.60 Å². The standard InChI is InChI=1S/C8H12O3/c1-2-4-8(7(9)10)5-3-6-11-8/h2H,1,3-6H2,(H,9,10). The highest BCUT2D eigenvalue weighted by molar-refractivity contribution is 5.78. The van der Waals surface area contributed by atoms with Crippen LogP contribution in [0.2, 0.25) is 0 Å². The summed E-state index contributed by atoms with van der Waals surface area (Å²) in [6.07, 6.45) is 3.44. The average Bonchev–Trinajstić information content (AvgIpc) is 2.38. The smallest absolute Gasteiger partial charge is 0.336 e. The van der Waals surface area contributed by atoms with E-state index in [0.717, 1.165) is 6.42 Å². The van der Waals surface area contributed by atoms with E-state index in [-0.39, 0.29) is 0 Å². The number of carbonyl (C=O) groups is 1. The van der Waals surface area contributed by atoms with E-state index < -0.39 is 11.6 Å². The molecule has 0 amide bonds. The zero-order valence-corrected chi connectivity index (χ0v) is 6.38. The summed E-state index contributed by atoms with van der Waals surface area (Å²) in [6, 6.07) is 0. The number of carboxylic acid groups (broad SMARTS) is 1. The minimum absolute atomic E-state index is 0.405. The molecule has 3 nitrogen and oxygen atoms in total. The first-order chi connectivity index (χ1) is 5.21. The second-order valence-electron chi connectivity index (χ2n) is 2.74. The molecule has 62 valence electrons. The van der Waals surface area contributed by atoms with E-state index in [9.17, 15) is 4.79 Å². The van der Waals surface area contributed by atoms with Crippen molar-refractivity contribution in [1.29, 1.82) is 0 Å². The largest absolute Gasteiger partial charge is 0.479 e. The molecule has 11 heavy (non-hydrogen) atoms. The van der Waals surface area contributed by atoms with Crippen LogP contribution in [-0.2, 0) is 9.53 Å². The van der Waals surface area contributed by atoms with Crippen molar-refractivity contribution in [3.63, 3.8) is 0 Å². The van der Waals surface area contributed by atoms with Gasteiger partial charge in [-0.25, -0.2) is 4.79 Å². The predicted octanol–water partition coefficient (Wildman–Crippen LogP) is 1.20. The van der Waals surface area contributed by atoms with Gasteiger partial charge in [0, 0.05) is 13.0 Å². The van der Waals surface area contributed by atoms with Crippen molar-refractivity contribution in [1.82, 2.24) is 0 Å². The van der Waals surface area contributed by atoms with Crippen molar-refractivity contribution < 1.29 is 14.6 Å². The lowest BCUT2D eigenvalue weighted by Crippen LogP contribution is -2.37. The molecule has 0 aromatic rings. The minimum atomic E-state index is -0.957. The Balaban J connectivity index is 2.69. The number of rotatable bonds is 3. The molecule has 1 rings (SSSR count). The third-order valence-corrected chi connectivity index (χ3v) is 1.97. The third kappa shape index (κ3) is 1.43. The van der Waals surface area contributed by atoms with Crippen molar-refractivity contribution in [3.8, 4) is 0 Å². The second kappa shape index (κ2) is 3.05. The molecule has 3 heteroatoms. The lowest BCUT2D eigenvalue weighted by Gasteiger charge is -2.20. The Hall–Kier alpha value is -0.830. The van der Waals surface area contributed by atoms with Crippen molar-refractivity contribution in [2.75, 3.05) is 6.61 Å². The molecule has 1 heterocycles. The van der Waals surface area contributed by atoms with Gasteiger partial charge >= 0.3 is 5.97 Å². The normalized spacial score (nSPS) is 30.2. The van der Waals surface area contributed by atoms with Gasteiger partial charge in [0.25, 0.3) is 0 Å². The summed E-state index contributed by atoms with van der Waals surface area (Å²) >= 11 is 0. The van der Waals surface area contributed by atoms with Crippen molar-refractivity contribution in [2.45, 2.75) is 24.9 Å². The first-order valence-corrected chi connectivity index (χ1v) is 3.69. The maximum absolute atomic E-state index is 10.7. The number of ether oxygens (including phenoxy) is 1. The van der Waals surface area contributed by atoms with Gasteiger partial charge in [-0.05, 0) is 12.8 Å². The first kappa shape index (κ1) is 8.27. The Morgan fingerprint density at radius 1 is 1.82 bits per heavy atom. The van der Waals surface area contributed by atoms with Crippen molar-refractivity contribution >= 4 is 5.97 Å². The van der Waals surface area contributed by atoms with Crippen LogP contribution in [0.25, 0.3) is 0 Å². The average molecular weight is 156 g/mol. The molecule has 0 spiro atoms. The summed E-state index contributed by atoms with van der Waals surface area (Å²) in [7, 11) is 0. The monoisotopic (exact) mass is 156 g/mol. The van der Waals surface area contributed by atoms with Crippen LogP contribution in [-0.4, -0.2) is 23.3 Å². The number of hydrogen-bond acceptors (Lipinski definition) is 2. The quantitative estimate of drug-likeness (QED) is 0.624. The molecule has 1 N–H and O–H groups in total. The summed E-state index contributed by atoms with van der Waals surface area (Å²) < 4.78 is 5.17. The Bertz CT molecular complexity index is 168. The molecule has 0 radical (unpaired) electrons. The van der Waals surface area contributed by atoms with Crippen LogP contribution in [0.1, 0.15) is 19.3 Å². The molecule has 0 aromatic heterocycles. The fourth-order valence-electron chi connectivity index (χ4n) is 1.35. The molecular weight excluding hydrogens is 144 g/mol. The van der Waals surface area contributed by atoms with E-state index in [0.29, 0.717) is 19.4 Å². The van der Waals surface area contributed by atoms with Crippen LogP contribution in [0.3, 0.4) is 0 Å². The molecule has 1 saturated heterocycles. The van der Waals surface area contributed by atoms with E-state index in [1.54, 1.807) is 6.08 Å². The maximum atomic E-state index is 10.7. The summed E-state index contributed by atoms with van der Waals surface area (Å²) in [4.78, 5) is 10.7. The van der Waals surface area contributed by atoms with Crippen LogP contribution >= 0.6 is 0 Å². The highest BCUT2D eigenvalue weighted by Crippen LogP contribution is 2.29. The van der Waals surface area contributed by atoms with E-state index in [4.69, 9.17) is 9.84 Å². The summed E-state index contributed by atoms with van der Waals surface area (Å²) in [5, 5.41) is 8.82. The molecule has 0 aliphatic carbocycles. The van der Waals surface area contributed by atoms with Gasteiger partial charge in [-0.2, -0.15) is 0 Å². The number of carboxylic acids is 1. The lowest BCUT2D eigenvalue weighted by atomic mass is 9.96. The van der Waals surface area contributed by atoms with Crippen molar-refractivity contribution in [2.24, 2.45) is 0 Å². The Morgan fingerprint density at radius 3 is 2.91 bits per heavy atom. The van der Waals surface area contributed by atoms with Crippen LogP contribution in [0.4, 0.5) is 0 Å². The van der Waals surface area contributed by atoms with Crippen LogP contribution in [0, 0.1) is 0 Å². The SMILES string of the molecule is C=CCC1(C(=O)O)CCCO1. The lowest BCUT2D eigenvalue weighted by molar-refractivity contribution is -0.159. The zero-order valence-electron chi connectivity index (χ0n) is 6.38. The molecule has 0 saturated carbocycles. The Kier molecular flexibility index (Phi) is 2.29. The molecule has 1 atom stereocenters.